The van der Waals surface area contributed by atoms with E-state index in [1.54, 1.807) is 13.0 Å². The van der Waals surface area contributed by atoms with Crippen molar-refractivity contribution in [2.24, 2.45) is 0 Å². The van der Waals surface area contributed by atoms with Crippen molar-refractivity contribution < 1.29 is 9.18 Å². The fraction of sp³-hybridized carbons (Fsp3) is 0.0714. The number of hydrogen-bond acceptors (Lipinski definition) is 3. The Kier molecular flexibility index (Phi) is 3.53. The highest BCUT2D eigenvalue weighted by atomic mass is 19.1. The van der Waals surface area contributed by atoms with Gasteiger partial charge < -0.3 is 5.32 Å². The van der Waals surface area contributed by atoms with Gasteiger partial charge in [-0.15, -0.1) is 0 Å². The van der Waals surface area contributed by atoms with Crippen LogP contribution in [0.3, 0.4) is 0 Å². The van der Waals surface area contributed by atoms with Gasteiger partial charge in [-0.3, -0.25) is 4.79 Å². The first kappa shape index (κ1) is 12.7. The summed E-state index contributed by atoms with van der Waals surface area (Å²) in [7, 11) is 0. The molecular formula is C14H10FN3O. The summed E-state index contributed by atoms with van der Waals surface area (Å²) in [6.45, 7) is 1.74. The molecule has 0 radical (unpaired) electrons. The Morgan fingerprint density at radius 2 is 2.16 bits per heavy atom. The van der Waals surface area contributed by atoms with E-state index in [0.717, 1.165) is 5.56 Å². The van der Waals surface area contributed by atoms with E-state index in [1.165, 1.54) is 30.5 Å². The van der Waals surface area contributed by atoms with Crippen LogP contribution in [0.15, 0.2) is 36.5 Å². The molecule has 2 aromatic rings. The number of nitriles is 1. The molecule has 1 aromatic carbocycles. The molecule has 1 amide bonds. The highest BCUT2D eigenvalue weighted by Crippen LogP contribution is 2.13. The van der Waals surface area contributed by atoms with Gasteiger partial charge in [0.15, 0.2) is 0 Å². The number of anilines is 1. The Bertz CT molecular complexity index is 677. The van der Waals surface area contributed by atoms with E-state index in [-0.39, 0.29) is 11.4 Å². The summed E-state index contributed by atoms with van der Waals surface area (Å²) in [4.78, 5) is 15.8. The maximum atomic E-state index is 13.6. The maximum absolute atomic E-state index is 13.6. The molecule has 0 atom stereocenters. The lowest BCUT2D eigenvalue weighted by molar-refractivity contribution is 0.102. The van der Waals surface area contributed by atoms with Crippen LogP contribution in [-0.2, 0) is 0 Å². The van der Waals surface area contributed by atoms with Crippen molar-refractivity contribution in [1.82, 2.24) is 4.98 Å². The highest BCUT2D eigenvalue weighted by molar-refractivity contribution is 6.04. The fourth-order valence-corrected chi connectivity index (χ4v) is 1.56. The van der Waals surface area contributed by atoms with Crippen LogP contribution in [0.25, 0.3) is 0 Å². The minimum Gasteiger partial charge on any atom is -0.306 e. The molecule has 0 saturated carbocycles. The lowest BCUT2D eigenvalue weighted by atomic mass is 10.1. The third-order valence-corrected chi connectivity index (χ3v) is 2.50. The molecule has 1 N–H and O–H groups in total. The average Bonchev–Trinajstić information content (AvgIpc) is 2.38. The smallest absolute Gasteiger partial charge is 0.259 e. The third-order valence-electron chi connectivity index (χ3n) is 2.50. The molecule has 0 aliphatic carbocycles. The molecule has 94 valence electrons. The monoisotopic (exact) mass is 255 g/mol. The normalized spacial score (nSPS) is 9.74. The molecule has 1 heterocycles. The number of benzene rings is 1. The molecule has 0 bridgehead atoms. The number of nitrogens with one attached hydrogen (secondary N) is 1. The average molecular weight is 255 g/mol. The van der Waals surface area contributed by atoms with Crippen molar-refractivity contribution in [3.05, 3.63) is 59.0 Å². The number of carbonyl (C=O) groups is 1. The van der Waals surface area contributed by atoms with Gasteiger partial charge in [0.25, 0.3) is 5.91 Å². The van der Waals surface area contributed by atoms with Gasteiger partial charge in [0.1, 0.15) is 11.6 Å². The number of rotatable bonds is 2. The predicted molar refractivity (Wildman–Crippen MR) is 68.0 cm³/mol. The fourth-order valence-electron chi connectivity index (χ4n) is 1.56. The number of nitrogens with zero attached hydrogens (tertiary/aromatic N) is 2. The molecule has 0 aliphatic heterocycles. The zero-order valence-corrected chi connectivity index (χ0v) is 10.1. The Morgan fingerprint density at radius 1 is 1.37 bits per heavy atom. The Balaban J connectivity index is 2.23. The van der Waals surface area contributed by atoms with Crippen LogP contribution in [0.1, 0.15) is 21.5 Å². The van der Waals surface area contributed by atoms with Crippen LogP contribution < -0.4 is 5.32 Å². The molecule has 2 rings (SSSR count). The van der Waals surface area contributed by atoms with Crippen LogP contribution in [-0.4, -0.2) is 10.9 Å². The highest BCUT2D eigenvalue weighted by Gasteiger charge is 2.12. The van der Waals surface area contributed by atoms with E-state index in [0.29, 0.717) is 5.56 Å². The number of halogens is 1. The summed E-state index contributed by atoms with van der Waals surface area (Å²) in [6, 6.07) is 9.22. The summed E-state index contributed by atoms with van der Waals surface area (Å²) in [5.74, 6) is -0.974. The van der Waals surface area contributed by atoms with E-state index in [1.807, 2.05) is 6.07 Å². The second kappa shape index (κ2) is 5.27. The molecule has 4 nitrogen and oxygen atoms in total. The van der Waals surface area contributed by atoms with E-state index in [4.69, 9.17) is 5.26 Å². The van der Waals surface area contributed by atoms with Gasteiger partial charge in [-0.25, -0.2) is 9.37 Å². The Hall–Kier alpha value is -2.74. The molecule has 0 unspecified atom stereocenters. The van der Waals surface area contributed by atoms with Crippen molar-refractivity contribution in [3.63, 3.8) is 0 Å². The van der Waals surface area contributed by atoms with E-state index in [9.17, 15) is 9.18 Å². The van der Waals surface area contributed by atoms with Gasteiger partial charge in [0, 0.05) is 6.20 Å². The summed E-state index contributed by atoms with van der Waals surface area (Å²) in [5, 5.41) is 11.2. The Morgan fingerprint density at radius 3 is 2.84 bits per heavy atom. The van der Waals surface area contributed by atoms with Gasteiger partial charge in [-0.1, -0.05) is 6.07 Å². The molecule has 19 heavy (non-hydrogen) atoms. The minimum atomic E-state index is -0.597. The number of amides is 1. The second-order valence-electron chi connectivity index (χ2n) is 3.98. The zero-order valence-electron chi connectivity index (χ0n) is 10.1. The first-order valence-corrected chi connectivity index (χ1v) is 5.54. The van der Waals surface area contributed by atoms with Gasteiger partial charge in [-0.2, -0.15) is 5.26 Å². The van der Waals surface area contributed by atoms with Gasteiger partial charge in [-0.05, 0) is 36.8 Å². The topological polar surface area (TPSA) is 65.8 Å². The quantitative estimate of drug-likeness (QED) is 0.897. The molecule has 1 aromatic heterocycles. The third kappa shape index (κ3) is 2.93. The van der Waals surface area contributed by atoms with Crippen LogP contribution >= 0.6 is 0 Å². The SMILES string of the molecule is Cc1ccc(C(=O)Nc2cc(C#N)ccn2)c(F)c1. The number of pyridine rings is 1. The summed E-state index contributed by atoms with van der Waals surface area (Å²) < 4.78 is 13.6. The lowest BCUT2D eigenvalue weighted by Crippen LogP contribution is -2.14. The van der Waals surface area contributed by atoms with Crippen LogP contribution in [0.4, 0.5) is 10.2 Å². The van der Waals surface area contributed by atoms with Crippen molar-refractivity contribution in [2.75, 3.05) is 5.32 Å². The number of aromatic nitrogens is 1. The van der Waals surface area contributed by atoms with E-state index < -0.39 is 11.7 Å². The summed E-state index contributed by atoms with van der Waals surface area (Å²) >= 11 is 0. The largest absolute Gasteiger partial charge is 0.306 e. The standard InChI is InChI=1S/C14H10FN3O/c1-9-2-3-11(12(15)6-9)14(19)18-13-7-10(8-16)4-5-17-13/h2-7H,1H3,(H,17,18,19). The van der Waals surface area contributed by atoms with Crippen LogP contribution in [0.5, 0.6) is 0 Å². The second-order valence-corrected chi connectivity index (χ2v) is 3.98. The molecule has 0 fully saturated rings. The predicted octanol–water partition coefficient (Wildman–Crippen LogP) is 2.65. The van der Waals surface area contributed by atoms with Crippen LogP contribution in [0.2, 0.25) is 0 Å². The van der Waals surface area contributed by atoms with Gasteiger partial charge in [0.2, 0.25) is 0 Å². The van der Waals surface area contributed by atoms with Crippen molar-refractivity contribution in [1.29, 1.82) is 5.26 Å². The van der Waals surface area contributed by atoms with Crippen LogP contribution in [0, 0.1) is 24.1 Å². The summed E-state index contributed by atoms with van der Waals surface area (Å²) in [6.07, 6.45) is 1.40. The maximum Gasteiger partial charge on any atom is 0.259 e. The van der Waals surface area contributed by atoms with Crippen molar-refractivity contribution >= 4 is 11.7 Å². The van der Waals surface area contributed by atoms with Crippen molar-refractivity contribution in [2.45, 2.75) is 6.92 Å². The number of carbonyl (C=O) groups excluding carboxylic acids is 1. The van der Waals surface area contributed by atoms with E-state index in [2.05, 4.69) is 10.3 Å². The molecular weight excluding hydrogens is 245 g/mol. The first-order chi connectivity index (χ1) is 9.10. The molecule has 0 spiro atoms. The minimum absolute atomic E-state index is 0.0604. The molecule has 5 heteroatoms. The van der Waals surface area contributed by atoms with Gasteiger partial charge >= 0.3 is 0 Å². The van der Waals surface area contributed by atoms with Gasteiger partial charge in [0.05, 0.1) is 17.2 Å². The number of aryl methyl sites for hydroxylation is 1. The summed E-state index contributed by atoms with van der Waals surface area (Å²) in [5.41, 5.74) is 1.04. The van der Waals surface area contributed by atoms with E-state index >= 15 is 0 Å². The number of hydrogen-bond donors (Lipinski definition) is 1. The first-order valence-electron chi connectivity index (χ1n) is 5.54. The molecule has 0 aliphatic rings. The lowest BCUT2D eigenvalue weighted by Gasteiger charge is -2.06. The zero-order chi connectivity index (χ0) is 13.8. The Labute approximate surface area is 109 Å². The van der Waals surface area contributed by atoms with Crippen molar-refractivity contribution in [3.8, 4) is 6.07 Å². The molecule has 0 saturated heterocycles.